The fourth-order valence-electron chi connectivity index (χ4n) is 2.48. The molecule has 0 aromatic carbocycles. The van der Waals surface area contributed by atoms with Crippen molar-refractivity contribution in [1.29, 1.82) is 5.41 Å². The summed E-state index contributed by atoms with van der Waals surface area (Å²) in [7, 11) is 0. The van der Waals surface area contributed by atoms with Gasteiger partial charge in [0.2, 0.25) is 5.91 Å². The number of nitrogens with one attached hydrogen (secondary N) is 2. The minimum atomic E-state index is -0.583. The number of nitrogens with two attached hydrogens (primary N) is 1. The Labute approximate surface area is 145 Å². The van der Waals surface area contributed by atoms with Crippen molar-refractivity contribution in [3.63, 3.8) is 0 Å². The zero-order chi connectivity index (χ0) is 17.9. The second-order valence-corrected chi connectivity index (χ2v) is 7.76. The minimum Gasteiger partial charge on any atom is -0.444 e. The Bertz CT molecular complexity index is 636. The van der Waals surface area contributed by atoms with Crippen LogP contribution in [0.3, 0.4) is 0 Å². The standard InChI is InChI=1S/C16H24N4O3S/c1-16(2,3)23-15(22)20-6-4-5-12(20)14(21)19-8-11-7-10(9-24-11)13(17)18/h7,9,12H,4-6,8H2,1-3H3,(H3,17,18)(H,19,21). The molecule has 1 aliphatic heterocycles. The maximum absolute atomic E-state index is 12.4. The third-order valence-corrected chi connectivity index (χ3v) is 4.52. The topological polar surface area (TPSA) is 109 Å². The lowest BCUT2D eigenvalue weighted by Crippen LogP contribution is -2.47. The fourth-order valence-corrected chi connectivity index (χ4v) is 3.31. The molecule has 7 nitrogen and oxygen atoms in total. The summed E-state index contributed by atoms with van der Waals surface area (Å²) in [5, 5.41) is 12.0. The summed E-state index contributed by atoms with van der Waals surface area (Å²) in [6.45, 7) is 6.30. The van der Waals surface area contributed by atoms with Gasteiger partial charge in [0.15, 0.2) is 0 Å². The number of thiophene rings is 1. The van der Waals surface area contributed by atoms with Crippen LogP contribution in [0.1, 0.15) is 44.1 Å². The van der Waals surface area contributed by atoms with E-state index in [4.69, 9.17) is 15.9 Å². The minimum absolute atomic E-state index is 0.00993. The monoisotopic (exact) mass is 352 g/mol. The zero-order valence-electron chi connectivity index (χ0n) is 14.2. The van der Waals surface area contributed by atoms with Crippen molar-refractivity contribution in [3.8, 4) is 0 Å². The molecule has 1 aromatic heterocycles. The number of carbonyl (C=O) groups is 2. The summed E-state index contributed by atoms with van der Waals surface area (Å²) in [4.78, 5) is 27.0. The number of likely N-dealkylation sites (tertiary alicyclic amines) is 1. The first kappa shape index (κ1) is 18.3. The first-order valence-electron chi connectivity index (χ1n) is 7.86. The van der Waals surface area contributed by atoms with Crippen LogP contribution in [0.5, 0.6) is 0 Å². The van der Waals surface area contributed by atoms with E-state index in [0.717, 1.165) is 11.3 Å². The Morgan fingerprint density at radius 2 is 2.21 bits per heavy atom. The fraction of sp³-hybridized carbons (Fsp3) is 0.562. The number of hydrogen-bond acceptors (Lipinski definition) is 5. The second kappa shape index (κ2) is 7.21. The molecule has 1 aliphatic rings. The Hall–Kier alpha value is -2.09. The van der Waals surface area contributed by atoms with Gasteiger partial charge in [-0.3, -0.25) is 15.1 Å². The van der Waals surface area contributed by atoms with Gasteiger partial charge in [-0.1, -0.05) is 0 Å². The van der Waals surface area contributed by atoms with Crippen LogP contribution in [0, 0.1) is 5.41 Å². The Balaban J connectivity index is 1.92. The highest BCUT2D eigenvalue weighted by atomic mass is 32.1. The second-order valence-electron chi connectivity index (χ2n) is 6.76. The number of nitrogen functional groups attached to an aromatic ring is 1. The Kier molecular flexibility index (Phi) is 5.48. The molecule has 2 heterocycles. The van der Waals surface area contributed by atoms with Gasteiger partial charge in [0, 0.05) is 22.4 Å². The van der Waals surface area contributed by atoms with Crippen molar-refractivity contribution in [3.05, 3.63) is 21.9 Å². The van der Waals surface area contributed by atoms with Gasteiger partial charge in [-0.15, -0.1) is 11.3 Å². The van der Waals surface area contributed by atoms with E-state index in [1.54, 1.807) is 32.2 Å². The van der Waals surface area contributed by atoms with E-state index >= 15 is 0 Å². The quantitative estimate of drug-likeness (QED) is 0.569. The van der Waals surface area contributed by atoms with Crippen LogP contribution in [0.4, 0.5) is 4.79 Å². The molecule has 0 spiro atoms. The van der Waals surface area contributed by atoms with Crippen LogP contribution in [-0.4, -0.2) is 40.9 Å². The average Bonchev–Trinajstić information content (AvgIpc) is 3.12. The first-order chi connectivity index (χ1) is 11.2. The molecule has 1 atom stereocenters. The molecular weight excluding hydrogens is 328 g/mol. The zero-order valence-corrected chi connectivity index (χ0v) is 15.0. The third-order valence-electron chi connectivity index (χ3n) is 3.59. The summed E-state index contributed by atoms with van der Waals surface area (Å²) in [6.07, 6.45) is 0.967. The first-order valence-corrected chi connectivity index (χ1v) is 8.74. The summed E-state index contributed by atoms with van der Waals surface area (Å²) >= 11 is 1.44. The number of amidine groups is 1. The van der Waals surface area contributed by atoms with Crippen molar-refractivity contribution in [2.75, 3.05) is 6.54 Å². The lowest BCUT2D eigenvalue weighted by Gasteiger charge is -2.28. The molecule has 24 heavy (non-hydrogen) atoms. The van der Waals surface area contributed by atoms with Crippen molar-refractivity contribution in [1.82, 2.24) is 10.2 Å². The molecule has 132 valence electrons. The molecule has 1 fully saturated rings. The maximum atomic E-state index is 12.4. The Morgan fingerprint density at radius 1 is 1.50 bits per heavy atom. The molecule has 0 saturated carbocycles. The molecular formula is C16H24N4O3S. The third kappa shape index (κ3) is 4.70. The van der Waals surface area contributed by atoms with Crippen molar-refractivity contribution >= 4 is 29.2 Å². The summed E-state index contributed by atoms with van der Waals surface area (Å²) in [6, 6.07) is 1.29. The predicted molar refractivity (Wildman–Crippen MR) is 93.1 cm³/mol. The van der Waals surface area contributed by atoms with Crippen LogP contribution in [0.15, 0.2) is 11.4 Å². The molecule has 0 bridgehead atoms. The van der Waals surface area contributed by atoms with Gasteiger partial charge in [0.25, 0.3) is 0 Å². The lowest BCUT2D eigenvalue weighted by molar-refractivity contribution is -0.125. The normalized spacial score (nSPS) is 17.6. The Morgan fingerprint density at radius 3 is 2.79 bits per heavy atom. The molecule has 1 saturated heterocycles. The molecule has 0 radical (unpaired) electrons. The highest BCUT2D eigenvalue weighted by Crippen LogP contribution is 2.21. The average molecular weight is 352 g/mol. The smallest absolute Gasteiger partial charge is 0.410 e. The molecule has 1 aromatic rings. The number of ether oxygens (including phenoxy) is 1. The molecule has 0 aliphatic carbocycles. The molecule has 1 unspecified atom stereocenters. The number of amides is 2. The van der Waals surface area contributed by atoms with Crippen LogP contribution in [0.2, 0.25) is 0 Å². The van der Waals surface area contributed by atoms with Gasteiger partial charge >= 0.3 is 6.09 Å². The van der Waals surface area contributed by atoms with Gasteiger partial charge in [-0.25, -0.2) is 4.79 Å². The molecule has 2 amide bonds. The van der Waals surface area contributed by atoms with E-state index in [1.807, 2.05) is 0 Å². The number of hydrogen-bond donors (Lipinski definition) is 3. The van der Waals surface area contributed by atoms with Gasteiger partial charge in [0.05, 0.1) is 6.54 Å². The highest BCUT2D eigenvalue weighted by Gasteiger charge is 2.36. The van der Waals surface area contributed by atoms with Crippen LogP contribution in [0.25, 0.3) is 0 Å². The lowest BCUT2D eigenvalue weighted by atomic mass is 10.2. The van der Waals surface area contributed by atoms with E-state index in [9.17, 15) is 9.59 Å². The maximum Gasteiger partial charge on any atom is 0.410 e. The number of nitrogens with zero attached hydrogens (tertiary/aromatic N) is 1. The summed E-state index contributed by atoms with van der Waals surface area (Å²) in [5.41, 5.74) is 5.50. The van der Waals surface area contributed by atoms with Crippen molar-refractivity contribution in [2.45, 2.75) is 51.8 Å². The van der Waals surface area contributed by atoms with E-state index in [2.05, 4.69) is 5.32 Å². The number of carbonyl (C=O) groups excluding carboxylic acids is 2. The largest absolute Gasteiger partial charge is 0.444 e. The van der Waals surface area contributed by atoms with Gasteiger partial charge in [0.1, 0.15) is 17.5 Å². The summed E-state index contributed by atoms with van der Waals surface area (Å²) in [5.74, 6) is -0.174. The van der Waals surface area contributed by atoms with Crippen LogP contribution >= 0.6 is 11.3 Å². The van der Waals surface area contributed by atoms with Gasteiger partial charge in [-0.05, 0) is 39.7 Å². The van der Waals surface area contributed by atoms with Crippen LogP contribution < -0.4 is 11.1 Å². The van der Waals surface area contributed by atoms with E-state index in [0.29, 0.717) is 25.1 Å². The van der Waals surface area contributed by atoms with E-state index < -0.39 is 17.7 Å². The van der Waals surface area contributed by atoms with Crippen molar-refractivity contribution in [2.24, 2.45) is 5.73 Å². The summed E-state index contributed by atoms with van der Waals surface area (Å²) < 4.78 is 5.37. The van der Waals surface area contributed by atoms with Gasteiger partial charge in [-0.2, -0.15) is 0 Å². The highest BCUT2D eigenvalue weighted by molar-refractivity contribution is 7.10. The van der Waals surface area contributed by atoms with Crippen molar-refractivity contribution < 1.29 is 14.3 Å². The molecule has 8 heteroatoms. The molecule has 4 N–H and O–H groups in total. The SMILES string of the molecule is CC(C)(C)OC(=O)N1CCCC1C(=O)NCc1cc(C(=N)N)cs1. The van der Waals surface area contributed by atoms with Crippen LogP contribution in [-0.2, 0) is 16.1 Å². The van der Waals surface area contributed by atoms with E-state index in [-0.39, 0.29) is 11.7 Å². The molecule has 2 rings (SSSR count). The van der Waals surface area contributed by atoms with Gasteiger partial charge < -0.3 is 15.8 Å². The van der Waals surface area contributed by atoms with E-state index in [1.165, 1.54) is 16.2 Å². The predicted octanol–water partition coefficient (Wildman–Crippen LogP) is 2.05. The number of rotatable bonds is 4.